The van der Waals surface area contributed by atoms with Crippen LogP contribution in [0.3, 0.4) is 0 Å². The number of phenolic OH excluding ortho intramolecular Hbond substituents is 1. The van der Waals surface area contributed by atoms with E-state index in [-0.39, 0.29) is 5.75 Å². The number of fused-ring (bicyclic) bond motifs is 2. The van der Waals surface area contributed by atoms with Crippen molar-refractivity contribution in [2.75, 3.05) is 18.0 Å². The molecule has 3 N–H and O–H groups in total. The Morgan fingerprint density at radius 1 is 1.15 bits per heavy atom. The first-order valence-electron chi connectivity index (χ1n) is 6.47. The SMILES string of the molecule is NCCCN1c2ccccc2Sc2cc(O)c(Cl)cc21. The first-order chi connectivity index (χ1) is 9.70. The van der Waals surface area contributed by atoms with E-state index in [9.17, 15) is 5.11 Å². The van der Waals surface area contributed by atoms with Crippen molar-refractivity contribution in [2.24, 2.45) is 5.73 Å². The van der Waals surface area contributed by atoms with Crippen LogP contribution in [0.2, 0.25) is 5.02 Å². The molecule has 104 valence electrons. The fourth-order valence-electron chi connectivity index (χ4n) is 2.33. The van der Waals surface area contributed by atoms with Gasteiger partial charge in [0.2, 0.25) is 0 Å². The Bertz CT molecular complexity index is 648. The van der Waals surface area contributed by atoms with E-state index in [1.165, 1.54) is 10.6 Å². The number of para-hydroxylation sites is 1. The Hall–Kier alpha value is -1.36. The standard InChI is InChI=1S/C15H15ClN2OS/c16-10-8-12-15(9-13(10)19)20-14-5-2-1-4-11(14)18(12)7-3-6-17/h1-2,4-5,8-9,19H,3,6-7,17H2. The maximum absolute atomic E-state index is 9.80. The molecule has 0 radical (unpaired) electrons. The molecule has 2 aromatic carbocycles. The van der Waals surface area contributed by atoms with E-state index in [0.29, 0.717) is 11.6 Å². The van der Waals surface area contributed by atoms with E-state index in [4.69, 9.17) is 17.3 Å². The molecule has 0 saturated heterocycles. The molecular weight excluding hydrogens is 292 g/mol. The van der Waals surface area contributed by atoms with Crippen LogP contribution < -0.4 is 10.6 Å². The smallest absolute Gasteiger partial charge is 0.135 e. The molecule has 20 heavy (non-hydrogen) atoms. The molecular formula is C15H15ClN2OS. The van der Waals surface area contributed by atoms with E-state index >= 15 is 0 Å². The van der Waals surface area contributed by atoms with Crippen LogP contribution in [0.5, 0.6) is 5.75 Å². The Morgan fingerprint density at radius 3 is 2.75 bits per heavy atom. The van der Waals surface area contributed by atoms with Crippen molar-refractivity contribution >= 4 is 34.7 Å². The minimum atomic E-state index is 0.121. The van der Waals surface area contributed by atoms with Gasteiger partial charge < -0.3 is 15.7 Å². The predicted octanol–water partition coefficient (Wildman–Crippen LogP) is 4.00. The lowest BCUT2D eigenvalue weighted by Crippen LogP contribution is -2.23. The molecule has 1 heterocycles. The zero-order valence-electron chi connectivity index (χ0n) is 10.8. The summed E-state index contributed by atoms with van der Waals surface area (Å²) < 4.78 is 0. The van der Waals surface area contributed by atoms with E-state index in [2.05, 4.69) is 17.0 Å². The normalized spacial score (nSPS) is 13.0. The molecule has 1 aliphatic rings. The lowest BCUT2D eigenvalue weighted by Gasteiger charge is -2.33. The third kappa shape index (κ3) is 2.35. The molecule has 0 spiro atoms. The topological polar surface area (TPSA) is 49.5 Å². The maximum atomic E-state index is 9.80. The molecule has 0 atom stereocenters. The summed E-state index contributed by atoms with van der Waals surface area (Å²) in [7, 11) is 0. The van der Waals surface area contributed by atoms with Crippen LogP contribution in [0.4, 0.5) is 11.4 Å². The Morgan fingerprint density at radius 2 is 1.95 bits per heavy atom. The monoisotopic (exact) mass is 306 g/mol. The summed E-state index contributed by atoms with van der Waals surface area (Å²) in [5, 5.41) is 10.2. The van der Waals surface area contributed by atoms with Crippen molar-refractivity contribution in [2.45, 2.75) is 16.2 Å². The molecule has 0 fully saturated rings. The summed E-state index contributed by atoms with van der Waals surface area (Å²) in [6.45, 7) is 1.48. The average molecular weight is 307 g/mol. The van der Waals surface area contributed by atoms with Gasteiger partial charge in [-0.15, -0.1) is 0 Å². The number of hydrogen-bond donors (Lipinski definition) is 2. The van der Waals surface area contributed by atoms with Crippen molar-refractivity contribution in [3.05, 3.63) is 41.4 Å². The number of rotatable bonds is 3. The second-order valence-electron chi connectivity index (χ2n) is 4.63. The fraction of sp³-hybridized carbons (Fsp3) is 0.200. The molecule has 5 heteroatoms. The van der Waals surface area contributed by atoms with Crippen molar-refractivity contribution in [1.29, 1.82) is 0 Å². The number of benzene rings is 2. The molecule has 0 unspecified atom stereocenters. The van der Waals surface area contributed by atoms with Crippen LogP contribution in [0, 0.1) is 0 Å². The zero-order chi connectivity index (χ0) is 14.1. The highest BCUT2D eigenvalue weighted by Gasteiger charge is 2.24. The molecule has 0 aliphatic carbocycles. The first-order valence-corrected chi connectivity index (χ1v) is 7.67. The number of hydrogen-bond acceptors (Lipinski definition) is 4. The second kappa shape index (κ2) is 5.56. The summed E-state index contributed by atoms with van der Waals surface area (Å²) >= 11 is 7.71. The second-order valence-corrected chi connectivity index (χ2v) is 6.13. The van der Waals surface area contributed by atoms with Gasteiger partial charge in [-0.2, -0.15) is 0 Å². The number of phenols is 1. The molecule has 3 nitrogen and oxygen atoms in total. The molecule has 2 aromatic rings. The van der Waals surface area contributed by atoms with Crippen molar-refractivity contribution in [3.8, 4) is 5.75 Å². The van der Waals surface area contributed by atoms with Gasteiger partial charge in [0.15, 0.2) is 0 Å². The van der Waals surface area contributed by atoms with Gasteiger partial charge in [0.1, 0.15) is 5.75 Å². The third-order valence-electron chi connectivity index (χ3n) is 3.28. The molecule has 1 aliphatic heterocycles. The third-order valence-corrected chi connectivity index (χ3v) is 4.70. The van der Waals surface area contributed by atoms with Gasteiger partial charge in [0, 0.05) is 16.3 Å². The molecule has 3 rings (SSSR count). The van der Waals surface area contributed by atoms with E-state index < -0.39 is 0 Å². The Kier molecular flexibility index (Phi) is 3.78. The Balaban J connectivity index is 2.10. The van der Waals surface area contributed by atoms with Gasteiger partial charge in [-0.25, -0.2) is 0 Å². The van der Waals surface area contributed by atoms with Crippen LogP contribution >= 0.6 is 23.4 Å². The number of halogens is 1. The summed E-state index contributed by atoms with van der Waals surface area (Å²) in [5.74, 6) is 0.121. The number of anilines is 2. The van der Waals surface area contributed by atoms with Crippen LogP contribution in [0.15, 0.2) is 46.2 Å². The predicted molar refractivity (Wildman–Crippen MR) is 84.4 cm³/mol. The van der Waals surface area contributed by atoms with Crippen molar-refractivity contribution in [3.63, 3.8) is 0 Å². The quantitative estimate of drug-likeness (QED) is 0.900. The minimum Gasteiger partial charge on any atom is -0.506 e. The van der Waals surface area contributed by atoms with Gasteiger partial charge in [-0.05, 0) is 37.2 Å². The van der Waals surface area contributed by atoms with E-state index in [0.717, 1.165) is 23.5 Å². The minimum absolute atomic E-state index is 0.121. The molecule has 0 saturated carbocycles. The van der Waals surface area contributed by atoms with Crippen LogP contribution in [0.25, 0.3) is 0 Å². The molecule has 0 bridgehead atoms. The zero-order valence-corrected chi connectivity index (χ0v) is 12.4. The van der Waals surface area contributed by atoms with Crippen molar-refractivity contribution in [1.82, 2.24) is 0 Å². The van der Waals surface area contributed by atoms with Crippen LogP contribution in [0.1, 0.15) is 6.42 Å². The number of nitrogens with zero attached hydrogens (tertiary/aromatic N) is 1. The Labute approximate surface area is 127 Å². The fourth-order valence-corrected chi connectivity index (χ4v) is 3.60. The highest BCUT2D eigenvalue weighted by Crippen LogP contribution is 2.50. The summed E-state index contributed by atoms with van der Waals surface area (Å²) in [6.07, 6.45) is 0.900. The highest BCUT2D eigenvalue weighted by atomic mass is 35.5. The van der Waals surface area contributed by atoms with Crippen LogP contribution in [-0.2, 0) is 0 Å². The summed E-state index contributed by atoms with van der Waals surface area (Å²) in [5.41, 5.74) is 7.84. The lowest BCUT2D eigenvalue weighted by molar-refractivity contribution is 0.474. The van der Waals surface area contributed by atoms with E-state index in [1.807, 2.05) is 18.2 Å². The van der Waals surface area contributed by atoms with Crippen LogP contribution in [-0.4, -0.2) is 18.2 Å². The largest absolute Gasteiger partial charge is 0.506 e. The van der Waals surface area contributed by atoms with E-state index in [1.54, 1.807) is 17.8 Å². The maximum Gasteiger partial charge on any atom is 0.135 e. The number of aromatic hydroxyl groups is 1. The van der Waals surface area contributed by atoms with Gasteiger partial charge in [0.25, 0.3) is 0 Å². The number of nitrogens with two attached hydrogens (primary N) is 1. The summed E-state index contributed by atoms with van der Waals surface area (Å²) in [6, 6.07) is 11.8. The highest BCUT2D eigenvalue weighted by molar-refractivity contribution is 7.99. The molecule has 0 aromatic heterocycles. The van der Waals surface area contributed by atoms with Gasteiger partial charge in [0.05, 0.1) is 16.4 Å². The van der Waals surface area contributed by atoms with Gasteiger partial charge in [-0.1, -0.05) is 35.5 Å². The average Bonchev–Trinajstić information content (AvgIpc) is 2.45. The van der Waals surface area contributed by atoms with Crippen molar-refractivity contribution < 1.29 is 5.11 Å². The lowest BCUT2D eigenvalue weighted by atomic mass is 10.2. The van der Waals surface area contributed by atoms with Gasteiger partial charge in [-0.3, -0.25) is 0 Å². The van der Waals surface area contributed by atoms with Gasteiger partial charge >= 0.3 is 0 Å². The summed E-state index contributed by atoms with van der Waals surface area (Å²) in [4.78, 5) is 4.42. The molecule has 0 amide bonds. The first kappa shape index (κ1) is 13.6.